The second-order valence-electron chi connectivity index (χ2n) is 7.14. The summed E-state index contributed by atoms with van der Waals surface area (Å²) < 4.78 is 15.8. The second-order valence-corrected chi connectivity index (χ2v) is 7.58. The van der Waals surface area contributed by atoms with E-state index in [0.29, 0.717) is 6.61 Å². The first-order chi connectivity index (χ1) is 12.7. The molecule has 1 heterocycles. The van der Waals surface area contributed by atoms with E-state index < -0.39 is 0 Å². The molecule has 1 aromatic carbocycles. The number of carbonyl (C=O) groups is 1. The smallest absolute Gasteiger partial charge is 0.407 e. The van der Waals surface area contributed by atoms with Crippen LogP contribution in [0.1, 0.15) is 33.3 Å². The first-order valence-corrected chi connectivity index (χ1v) is 9.75. The van der Waals surface area contributed by atoms with Gasteiger partial charge >= 0.3 is 6.09 Å². The van der Waals surface area contributed by atoms with Crippen LogP contribution in [0.15, 0.2) is 18.2 Å². The topological polar surface area (TPSA) is 60.0 Å². The number of alkyl carbamates (subject to hydrolysis) is 1. The zero-order valence-corrected chi connectivity index (χ0v) is 17.9. The molecular weight excluding hydrogens is 368 g/mol. The molecule has 0 atom stereocenters. The van der Waals surface area contributed by atoms with E-state index in [9.17, 15) is 4.79 Å². The number of morpholine rings is 1. The summed E-state index contributed by atoms with van der Waals surface area (Å²) in [6.45, 7) is 12.9. The predicted octanol–water partition coefficient (Wildman–Crippen LogP) is 3.75. The van der Waals surface area contributed by atoms with E-state index in [-0.39, 0.29) is 11.7 Å². The highest BCUT2D eigenvalue weighted by molar-refractivity contribution is 6.30. The summed E-state index contributed by atoms with van der Waals surface area (Å²) in [4.78, 5) is 12.9. The molecule has 1 aromatic rings. The van der Waals surface area contributed by atoms with Crippen LogP contribution in [0.4, 0.5) is 4.79 Å². The summed E-state index contributed by atoms with van der Waals surface area (Å²) in [5.41, 5.74) is 0.802. The molecule has 0 aromatic heterocycles. The summed E-state index contributed by atoms with van der Waals surface area (Å²) >= 11 is 6.05. The normalized spacial score (nSPS) is 14.7. The molecule has 0 unspecified atom stereocenters. The number of ether oxygens (including phenoxy) is 3. The molecule has 0 radical (unpaired) electrons. The van der Waals surface area contributed by atoms with Crippen LogP contribution in [0, 0.1) is 0 Å². The van der Waals surface area contributed by atoms with Crippen LogP contribution in [-0.2, 0) is 15.9 Å². The van der Waals surface area contributed by atoms with E-state index in [0.717, 1.165) is 50.0 Å². The van der Waals surface area contributed by atoms with Crippen molar-refractivity contribution < 1.29 is 19.0 Å². The minimum atomic E-state index is -0.389. The largest absolute Gasteiger partial charge is 0.494 e. The minimum Gasteiger partial charge on any atom is -0.494 e. The van der Waals surface area contributed by atoms with Crippen LogP contribution in [0.5, 0.6) is 5.75 Å². The molecule has 0 spiro atoms. The number of amides is 1. The molecule has 6 nitrogen and oxygen atoms in total. The minimum absolute atomic E-state index is 0.387. The van der Waals surface area contributed by atoms with Gasteiger partial charge in [0.1, 0.15) is 11.4 Å². The van der Waals surface area contributed by atoms with E-state index in [4.69, 9.17) is 25.8 Å². The Kier molecular flexibility index (Phi) is 10.5. The van der Waals surface area contributed by atoms with Crippen LogP contribution >= 0.6 is 11.6 Å². The Morgan fingerprint density at radius 2 is 1.96 bits per heavy atom. The number of halogens is 1. The third-order valence-electron chi connectivity index (χ3n) is 3.73. The van der Waals surface area contributed by atoms with Crippen molar-refractivity contribution in [1.82, 2.24) is 10.2 Å². The van der Waals surface area contributed by atoms with Gasteiger partial charge in [0.15, 0.2) is 0 Å². The highest BCUT2D eigenvalue weighted by Gasteiger charge is 2.14. The number of hydrogen-bond donors (Lipinski definition) is 1. The lowest BCUT2D eigenvalue weighted by atomic mass is 10.1. The lowest BCUT2D eigenvalue weighted by Crippen LogP contribution is -2.37. The molecule has 0 saturated carbocycles. The van der Waals surface area contributed by atoms with Crippen molar-refractivity contribution in [3.8, 4) is 5.75 Å². The molecule has 2 rings (SSSR count). The van der Waals surface area contributed by atoms with Gasteiger partial charge in [0.25, 0.3) is 0 Å². The van der Waals surface area contributed by atoms with E-state index >= 15 is 0 Å². The molecule has 0 aliphatic carbocycles. The lowest BCUT2D eigenvalue weighted by molar-refractivity contribution is 0.0384. The molecular formula is C20H33ClN2O4. The zero-order chi connectivity index (χ0) is 20.3. The molecule has 1 N–H and O–H groups in total. The SMILES string of the molecule is CCOc1ccc(Cl)cc1CCN1CCOCC1.CNC(=O)OC(C)(C)C. The van der Waals surface area contributed by atoms with Gasteiger partial charge in [0.05, 0.1) is 19.8 Å². The zero-order valence-electron chi connectivity index (χ0n) is 17.1. The third-order valence-corrected chi connectivity index (χ3v) is 3.96. The molecule has 1 fully saturated rings. The molecule has 1 amide bonds. The van der Waals surface area contributed by atoms with Gasteiger partial charge in [-0.15, -0.1) is 0 Å². The first-order valence-electron chi connectivity index (χ1n) is 9.37. The van der Waals surface area contributed by atoms with Gasteiger partial charge in [-0.05, 0) is 57.9 Å². The van der Waals surface area contributed by atoms with E-state index in [1.54, 1.807) is 0 Å². The number of nitrogens with zero attached hydrogens (tertiary/aromatic N) is 1. The third kappa shape index (κ3) is 10.4. The Morgan fingerprint density at radius 1 is 1.30 bits per heavy atom. The highest BCUT2D eigenvalue weighted by atomic mass is 35.5. The molecule has 1 saturated heterocycles. The van der Waals surface area contributed by atoms with Gasteiger partial charge in [0.2, 0.25) is 0 Å². The van der Waals surface area contributed by atoms with Crippen LogP contribution in [0.2, 0.25) is 5.02 Å². The molecule has 7 heteroatoms. The van der Waals surface area contributed by atoms with E-state index in [2.05, 4.69) is 10.2 Å². The summed E-state index contributed by atoms with van der Waals surface area (Å²) in [6, 6.07) is 5.85. The number of rotatable bonds is 5. The first kappa shape index (κ1) is 23.5. The maximum Gasteiger partial charge on any atom is 0.407 e. The molecule has 1 aliphatic heterocycles. The Balaban J connectivity index is 0.000000345. The average molecular weight is 401 g/mol. The Bertz CT molecular complexity index is 570. The Hall–Kier alpha value is -1.50. The Morgan fingerprint density at radius 3 is 2.48 bits per heavy atom. The summed E-state index contributed by atoms with van der Waals surface area (Å²) in [5.74, 6) is 0.954. The van der Waals surface area contributed by atoms with Crippen molar-refractivity contribution in [2.24, 2.45) is 0 Å². The maximum absolute atomic E-state index is 10.5. The average Bonchev–Trinajstić information content (AvgIpc) is 2.62. The number of nitrogens with one attached hydrogen (secondary N) is 1. The molecule has 154 valence electrons. The number of hydrogen-bond acceptors (Lipinski definition) is 5. The van der Waals surface area contributed by atoms with Crippen molar-refractivity contribution in [1.29, 1.82) is 0 Å². The monoisotopic (exact) mass is 400 g/mol. The van der Waals surface area contributed by atoms with Crippen molar-refractivity contribution in [3.05, 3.63) is 28.8 Å². The van der Waals surface area contributed by atoms with Crippen LogP contribution in [0.3, 0.4) is 0 Å². The van der Waals surface area contributed by atoms with Gasteiger partial charge < -0.3 is 19.5 Å². The second kappa shape index (κ2) is 12.1. The Labute approximate surface area is 168 Å². The fraction of sp³-hybridized carbons (Fsp3) is 0.650. The van der Waals surface area contributed by atoms with Crippen molar-refractivity contribution in [3.63, 3.8) is 0 Å². The van der Waals surface area contributed by atoms with Crippen molar-refractivity contribution in [2.75, 3.05) is 46.5 Å². The maximum atomic E-state index is 10.5. The lowest BCUT2D eigenvalue weighted by Gasteiger charge is -2.26. The number of carbonyl (C=O) groups excluding carboxylic acids is 1. The van der Waals surface area contributed by atoms with E-state index in [1.165, 1.54) is 12.6 Å². The van der Waals surface area contributed by atoms with Gasteiger partial charge in [-0.3, -0.25) is 4.90 Å². The van der Waals surface area contributed by atoms with Crippen LogP contribution in [-0.4, -0.2) is 63.1 Å². The molecule has 0 bridgehead atoms. The van der Waals surface area contributed by atoms with Crippen LogP contribution < -0.4 is 10.1 Å². The van der Waals surface area contributed by atoms with Gasteiger partial charge in [-0.1, -0.05) is 11.6 Å². The van der Waals surface area contributed by atoms with E-state index in [1.807, 2.05) is 45.9 Å². The highest BCUT2D eigenvalue weighted by Crippen LogP contribution is 2.23. The van der Waals surface area contributed by atoms with Crippen molar-refractivity contribution >= 4 is 17.7 Å². The molecule has 27 heavy (non-hydrogen) atoms. The number of benzene rings is 1. The molecule has 1 aliphatic rings. The van der Waals surface area contributed by atoms with Gasteiger partial charge in [-0.25, -0.2) is 4.79 Å². The van der Waals surface area contributed by atoms with Gasteiger partial charge in [0, 0.05) is 31.7 Å². The van der Waals surface area contributed by atoms with Gasteiger partial charge in [-0.2, -0.15) is 0 Å². The fourth-order valence-corrected chi connectivity index (χ4v) is 2.67. The standard InChI is InChI=1S/C14H20ClNO2.C6H13NO2/c1-2-18-14-4-3-13(15)11-12(14)5-6-16-7-9-17-10-8-16;1-6(2,3)9-5(8)7-4/h3-4,11H,2,5-10H2,1H3;1-4H3,(H,7,8). The van der Waals surface area contributed by atoms with Crippen LogP contribution in [0.25, 0.3) is 0 Å². The van der Waals surface area contributed by atoms with Crippen molar-refractivity contribution in [2.45, 2.75) is 39.7 Å². The summed E-state index contributed by atoms with van der Waals surface area (Å²) in [6.07, 6.45) is 0.582. The summed E-state index contributed by atoms with van der Waals surface area (Å²) in [5, 5.41) is 3.13. The fourth-order valence-electron chi connectivity index (χ4n) is 2.47. The predicted molar refractivity (Wildman–Crippen MR) is 109 cm³/mol. The summed E-state index contributed by atoms with van der Waals surface area (Å²) in [7, 11) is 1.54. The quantitative estimate of drug-likeness (QED) is 0.815.